The Balaban J connectivity index is 1.61. The van der Waals surface area contributed by atoms with Crippen LogP contribution in [0.1, 0.15) is 24.6 Å². The van der Waals surface area contributed by atoms with Gasteiger partial charge in [0.15, 0.2) is 0 Å². The number of likely N-dealkylation sites (tertiary alicyclic amines) is 1. The average Bonchev–Trinajstić information content (AvgIpc) is 2.82. The molecule has 1 aliphatic rings. The van der Waals surface area contributed by atoms with E-state index in [0.29, 0.717) is 13.2 Å². The Morgan fingerprint density at radius 2 is 2.50 bits per heavy atom. The van der Waals surface area contributed by atoms with Gasteiger partial charge in [0, 0.05) is 10.8 Å². The maximum atomic E-state index is 9.97. The Kier molecular flexibility index (Phi) is 5.63. The fourth-order valence-electron chi connectivity index (χ4n) is 2.67. The summed E-state index contributed by atoms with van der Waals surface area (Å²) in [5, 5.41) is 12.0. The summed E-state index contributed by atoms with van der Waals surface area (Å²) in [7, 11) is 0. The van der Waals surface area contributed by atoms with Crippen molar-refractivity contribution < 1.29 is 14.7 Å². The molecule has 1 aromatic heterocycles. The van der Waals surface area contributed by atoms with Crippen LogP contribution in [0.25, 0.3) is 0 Å². The normalized spacial score (nSPS) is 26.1. The molecule has 0 spiro atoms. The molecule has 1 aliphatic heterocycles. The molecule has 3 nitrogen and oxygen atoms in total. The van der Waals surface area contributed by atoms with Crippen molar-refractivity contribution in [2.45, 2.75) is 32.5 Å². The highest BCUT2D eigenvalue weighted by Crippen LogP contribution is 2.09. The zero-order valence-corrected chi connectivity index (χ0v) is 11.9. The van der Waals surface area contributed by atoms with Gasteiger partial charge in [-0.2, -0.15) is 0 Å². The highest BCUT2D eigenvalue weighted by molar-refractivity contribution is 7.09. The van der Waals surface area contributed by atoms with Gasteiger partial charge in [0.1, 0.15) is 12.6 Å². The molecule has 1 fully saturated rings. The first-order valence-electron chi connectivity index (χ1n) is 6.86. The molecule has 1 unspecified atom stereocenters. The van der Waals surface area contributed by atoms with Crippen LogP contribution in [0.5, 0.6) is 0 Å². The van der Waals surface area contributed by atoms with E-state index in [4.69, 9.17) is 4.74 Å². The van der Waals surface area contributed by atoms with Crippen molar-refractivity contribution in [1.29, 1.82) is 0 Å². The van der Waals surface area contributed by atoms with E-state index in [1.165, 1.54) is 35.7 Å². The van der Waals surface area contributed by atoms with Crippen LogP contribution in [-0.4, -0.2) is 37.5 Å². The smallest absolute Gasteiger partial charge is 0.126 e. The number of piperidine rings is 1. The van der Waals surface area contributed by atoms with Gasteiger partial charge in [-0.15, -0.1) is 11.3 Å². The quantitative estimate of drug-likeness (QED) is 0.807. The van der Waals surface area contributed by atoms with E-state index in [1.807, 2.05) is 11.4 Å². The number of ether oxygens (including phenoxy) is 1. The Bertz CT molecular complexity index is 329. The fourth-order valence-corrected chi connectivity index (χ4v) is 3.31. The van der Waals surface area contributed by atoms with E-state index in [-0.39, 0.29) is 6.10 Å². The van der Waals surface area contributed by atoms with Crippen molar-refractivity contribution in [2.24, 2.45) is 5.92 Å². The molecule has 3 atom stereocenters. The van der Waals surface area contributed by atoms with Gasteiger partial charge in [-0.25, -0.2) is 0 Å². The molecule has 0 aromatic carbocycles. The van der Waals surface area contributed by atoms with Gasteiger partial charge in [0.25, 0.3) is 0 Å². The molecular weight excluding hydrogens is 246 g/mol. The summed E-state index contributed by atoms with van der Waals surface area (Å²) in [5.41, 5.74) is 0. The molecule has 0 saturated carbocycles. The van der Waals surface area contributed by atoms with Crippen LogP contribution in [-0.2, 0) is 11.3 Å². The van der Waals surface area contributed by atoms with Gasteiger partial charge in [-0.3, -0.25) is 0 Å². The lowest BCUT2D eigenvalue weighted by Crippen LogP contribution is -3.14. The molecular formula is C14H24NO2S+. The maximum Gasteiger partial charge on any atom is 0.126 e. The average molecular weight is 270 g/mol. The third-order valence-electron chi connectivity index (χ3n) is 3.52. The summed E-state index contributed by atoms with van der Waals surface area (Å²) in [4.78, 5) is 2.75. The van der Waals surface area contributed by atoms with Crippen LogP contribution in [0, 0.1) is 5.92 Å². The van der Waals surface area contributed by atoms with Gasteiger partial charge < -0.3 is 14.7 Å². The third-order valence-corrected chi connectivity index (χ3v) is 4.37. The standard InChI is InChI=1S/C14H23NO2S/c1-12-4-2-6-15(8-12)9-13(16)10-17-11-14-5-3-7-18-14/h3,5,7,12-13,16H,2,4,6,8-11H2,1H3/p+1/t12-,13+/m1/s1. The van der Waals surface area contributed by atoms with Crippen molar-refractivity contribution in [2.75, 3.05) is 26.2 Å². The summed E-state index contributed by atoms with van der Waals surface area (Å²) >= 11 is 1.70. The number of aliphatic hydroxyl groups excluding tert-OH is 1. The Morgan fingerprint density at radius 1 is 1.61 bits per heavy atom. The molecule has 18 heavy (non-hydrogen) atoms. The Labute approximate surface area is 113 Å². The molecule has 2 rings (SSSR count). The summed E-state index contributed by atoms with van der Waals surface area (Å²) < 4.78 is 5.56. The second kappa shape index (κ2) is 7.24. The Hall–Kier alpha value is -0.420. The van der Waals surface area contributed by atoms with Crippen LogP contribution in [0.4, 0.5) is 0 Å². The number of nitrogens with one attached hydrogen (secondary N) is 1. The van der Waals surface area contributed by atoms with Crippen LogP contribution in [0.3, 0.4) is 0 Å². The predicted molar refractivity (Wildman–Crippen MR) is 73.9 cm³/mol. The second-order valence-electron chi connectivity index (χ2n) is 5.40. The van der Waals surface area contributed by atoms with Crippen LogP contribution < -0.4 is 4.90 Å². The molecule has 0 radical (unpaired) electrons. The van der Waals surface area contributed by atoms with Crippen molar-refractivity contribution in [3.05, 3.63) is 22.4 Å². The topological polar surface area (TPSA) is 33.9 Å². The number of hydrogen-bond donors (Lipinski definition) is 2. The van der Waals surface area contributed by atoms with Crippen LogP contribution in [0.2, 0.25) is 0 Å². The summed E-state index contributed by atoms with van der Waals surface area (Å²) in [6.07, 6.45) is 2.30. The van der Waals surface area contributed by atoms with Crippen molar-refractivity contribution in [1.82, 2.24) is 0 Å². The number of rotatable bonds is 6. The lowest BCUT2D eigenvalue weighted by Gasteiger charge is -2.29. The van der Waals surface area contributed by atoms with Gasteiger partial charge in [0.2, 0.25) is 0 Å². The first-order chi connectivity index (χ1) is 8.74. The number of hydrogen-bond acceptors (Lipinski definition) is 3. The summed E-state index contributed by atoms with van der Waals surface area (Å²) in [6.45, 7) is 6.61. The maximum absolute atomic E-state index is 9.97. The van der Waals surface area contributed by atoms with E-state index < -0.39 is 0 Å². The minimum Gasteiger partial charge on any atom is -0.385 e. The molecule has 1 aromatic rings. The molecule has 0 bridgehead atoms. The lowest BCUT2D eigenvalue weighted by atomic mass is 10.0. The zero-order chi connectivity index (χ0) is 12.8. The van der Waals surface area contributed by atoms with E-state index in [9.17, 15) is 5.11 Å². The summed E-state index contributed by atoms with van der Waals surface area (Å²) in [5.74, 6) is 0.799. The van der Waals surface area contributed by atoms with Crippen LogP contribution in [0.15, 0.2) is 17.5 Å². The van der Waals surface area contributed by atoms with E-state index in [1.54, 1.807) is 11.3 Å². The van der Waals surface area contributed by atoms with Gasteiger partial charge >= 0.3 is 0 Å². The lowest BCUT2D eigenvalue weighted by molar-refractivity contribution is -0.911. The zero-order valence-electron chi connectivity index (χ0n) is 11.1. The summed E-state index contributed by atoms with van der Waals surface area (Å²) in [6, 6.07) is 4.09. The second-order valence-corrected chi connectivity index (χ2v) is 6.44. The largest absolute Gasteiger partial charge is 0.385 e. The van der Waals surface area contributed by atoms with E-state index in [0.717, 1.165) is 12.5 Å². The van der Waals surface area contributed by atoms with Gasteiger partial charge in [0.05, 0.1) is 26.3 Å². The minimum absolute atomic E-state index is 0.328. The van der Waals surface area contributed by atoms with Crippen molar-refractivity contribution in [3.8, 4) is 0 Å². The number of aliphatic hydroxyl groups is 1. The monoisotopic (exact) mass is 270 g/mol. The molecule has 2 N–H and O–H groups in total. The molecule has 0 aliphatic carbocycles. The fraction of sp³-hybridized carbons (Fsp3) is 0.714. The number of thiophene rings is 1. The van der Waals surface area contributed by atoms with Crippen molar-refractivity contribution >= 4 is 11.3 Å². The minimum atomic E-state index is -0.328. The highest BCUT2D eigenvalue weighted by Gasteiger charge is 2.22. The SMILES string of the molecule is C[C@@H]1CCC[NH+](C[C@H](O)COCc2cccs2)C1. The highest BCUT2D eigenvalue weighted by atomic mass is 32.1. The third kappa shape index (κ3) is 4.69. The number of quaternary nitrogens is 1. The molecule has 0 amide bonds. The van der Waals surface area contributed by atoms with E-state index in [2.05, 4.69) is 13.0 Å². The first-order valence-corrected chi connectivity index (χ1v) is 7.73. The van der Waals surface area contributed by atoms with Gasteiger partial charge in [-0.1, -0.05) is 13.0 Å². The molecule has 102 valence electrons. The Morgan fingerprint density at radius 3 is 3.22 bits per heavy atom. The van der Waals surface area contributed by atoms with Crippen LogP contribution >= 0.6 is 11.3 Å². The van der Waals surface area contributed by atoms with E-state index >= 15 is 0 Å². The first kappa shape index (κ1) is 14.0. The predicted octanol–water partition coefficient (Wildman–Crippen LogP) is 0.940. The van der Waals surface area contributed by atoms with Gasteiger partial charge in [-0.05, 0) is 24.3 Å². The van der Waals surface area contributed by atoms with Crippen molar-refractivity contribution in [3.63, 3.8) is 0 Å². The molecule has 1 saturated heterocycles. The molecule has 2 heterocycles. The molecule has 4 heteroatoms.